The number of fused-ring (bicyclic) bond motifs is 5. The number of hydrogen-bond donors (Lipinski definition) is 2. The first-order valence-corrected chi connectivity index (χ1v) is 6.54. The maximum Gasteiger partial charge on any atom is 0.322 e. The summed E-state index contributed by atoms with van der Waals surface area (Å²) in [6.07, 6.45) is 0. The van der Waals surface area contributed by atoms with Gasteiger partial charge >= 0.3 is 6.03 Å². The fourth-order valence-corrected chi connectivity index (χ4v) is 3.26. The van der Waals surface area contributed by atoms with Gasteiger partial charge < -0.3 is 5.32 Å². The zero-order valence-corrected chi connectivity index (χ0v) is 11.0. The van der Waals surface area contributed by atoms with Crippen LogP contribution in [-0.2, 0) is 10.3 Å². The molecule has 5 heteroatoms. The van der Waals surface area contributed by atoms with E-state index in [1.807, 2.05) is 30.3 Å². The minimum Gasteiger partial charge on any atom is -0.316 e. The van der Waals surface area contributed by atoms with Gasteiger partial charge in [0.2, 0.25) is 0 Å². The molecule has 1 fully saturated rings. The third-order valence-electron chi connectivity index (χ3n) is 3.88. The van der Waals surface area contributed by atoms with Gasteiger partial charge in [0, 0.05) is 10.6 Å². The summed E-state index contributed by atoms with van der Waals surface area (Å²) in [6.45, 7) is 0. The molecule has 1 heterocycles. The largest absolute Gasteiger partial charge is 0.322 e. The number of nitrogens with one attached hydrogen (secondary N) is 2. The number of halogens is 1. The monoisotopic (exact) mass is 284 g/mol. The second kappa shape index (κ2) is 3.61. The van der Waals surface area contributed by atoms with E-state index in [2.05, 4.69) is 10.6 Å². The maximum atomic E-state index is 12.4. The molecule has 0 bridgehead atoms. The minimum atomic E-state index is -1.16. The van der Waals surface area contributed by atoms with E-state index < -0.39 is 11.6 Å². The second-order valence-electron chi connectivity index (χ2n) is 4.89. The summed E-state index contributed by atoms with van der Waals surface area (Å²) in [5, 5.41) is 5.61. The normalized spacial score (nSPS) is 22.4. The summed E-state index contributed by atoms with van der Waals surface area (Å²) in [5.41, 5.74) is 2.20. The molecule has 1 spiro atoms. The van der Waals surface area contributed by atoms with Crippen molar-refractivity contribution in [2.45, 2.75) is 5.54 Å². The van der Waals surface area contributed by atoms with Crippen LogP contribution in [0.2, 0.25) is 5.02 Å². The number of benzene rings is 2. The third kappa shape index (κ3) is 1.22. The minimum absolute atomic E-state index is 0.365. The van der Waals surface area contributed by atoms with Gasteiger partial charge in [-0.15, -0.1) is 0 Å². The van der Waals surface area contributed by atoms with Crippen molar-refractivity contribution in [1.82, 2.24) is 10.6 Å². The lowest BCUT2D eigenvalue weighted by atomic mass is 9.88. The fraction of sp³-hybridized carbons (Fsp3) is 0.0667. The lowest BCUT2D eigenvalue weighted by Gasteiger charge is -2.23. The molecular formula is C15H9ClN2O2. The van der Waals surface area contributed by atoms with Crippen LogP contribution in [0, 0.1) is 0 Å². The molecule has 1 aliphatic carbocycles. The van der Waals surface area contributed by atoms with E-state index >= 15 is 0 Å². The van der Waals surface area contributed by atoms with Crippen molar-refractivity contribution in [2.75, 3.05) is 0 Å². The highest BCUT2D eigenvalue weighted by Crippen LogP contribution is 2.49. The molecule has 0 saturated carbocycles. The Balaban J connectivity index is 2.12. The van der Waals surface area contributed by atoms with Gasteiger partial charge in [-0.3, -0.25) is 10.1 Å². The van der Waals surface area contributed by atoms with Gasteiger partial charge in [-0.25, -0.2) is 4.79 Å². The maximum absolute atomic E-state index is 12.4. The quantitative estimate of drug-likeness (QED) is 0.730. The molecule has 1 unspecified atom stereocenters. The van der Waals surface area contributed by atoms with Crippen molar-refractivity contribution in [2.24, 2.45) is 0 Å². The van der Waals surface area contributed by atoms with Crippen LogP contribution in [0.3, 0.4) is 0 Å². The van der Waals surface area contributed by atoms with E-state index in [0.717, 1.165) is 22.3 Å². The highest BCUT2D eigenvalue weighted by atomic mass is 35.5. The van der Waals surface area contributed by atoms with Crippen molar-refractivity contribution in [3.8, 4) is 11.1 Å². The van der Waals surface area contributed by atoms with Gasteiger partial charge in [0.05, 0.1) is 0 Å². The van der Waals surface area contributed by atoms with Crippen LogP contribution in [0.25, 0.3) is 11.1 Å². The Kier molecular flexibility index (Phi) is 2.07. The highest BCUT2D eigenvalue weighted by Gasteiger charge is 2.54. The van der Waals surface area contributed by atoms with Gasteiger partial charge in [-0.05, 0) is 28.8 Å². The van der Waals surface area contributed by atoms with Gasteiger partial charge in [-0.1, -0.05) is 41.9 Å². The highest BCUT2D eigenvalue weighted by molar-refractivity contribution is 6.31. The first-order chi connectivity index (χ1) is 9.63. The molecule has 0 radical (unpaired) electrons. The van der Waals surface area contributed by atoms with Crippen LogP contribution in [-0.4, -0.2) is 11.9 Å². The predicted molar refractivity (Wildman–Crippen MR) is 74.3 cm³/mol. The van der Waals surface area contributed by atoms with E-state index in [4.69, 9.17) is 11.6 Å². The van der Waals surface area contributed by atoms with Gasteiger partial charge in [0.25, 0.3) is 5.91 Å². The van der Waals surface area contributed by atoms with Crippen LogP contribution < -0.4 is 10.6 Å². The fourth-order valence-electron chi connectivity index (χ4n) is 3.09. The topological polar surface area (TPSA) is 58.2 Å². The Hall–Kier alpha value is -2.33. The first-order valence-electron chi connectivity index (χ1n) is 6.16. The molecule has 1 aliphatic heterocycles. The Labute approximate surface area is 119 Å². The molecule has 1 saturated heterocycles. The molecule has 4 rings (SSSR count). The number of carbonyl (C=O) groups is 2. The molecule has 3 amide bonds. The lowest BCUT2D eigenvalue weighted by Crippen LogP contribution is -2.43. The average Bonchev–Trinajstić information content (AvgIpc) is 2.88. The molecule has 2 N–H and O–H groups in total. The molecule has 98 valence electrons. The van der Waals surface area contributed by atoms with Crippen LogP contribution in [0.15, 0.2) is 42.5 Å². The van der Waals surface area contributed by atoms with E-state index in [1.54, 1.807) is 12.1 Å². The Morgan fingerprint density at radius 2 is 1.70 bits per heavy atom. The zero-order chi connectivity index (χ0) is 13.9. The summed E-state index contributed by atoms with van der Waals surface area (Å²) in [7, 11) is 0. The van der Waals surface area contributed by atoms with Crippen LogP contribution >= 0.6 is 11.6 Å². The molecule has 2 aromatic carbocycles. The molecule has 20 heavy (non-hydrogen) atoms. The molecule has 0 aromatic heterocycles. The Morgan fingerprint density at radius 1 is 0.950 bits per heavy atom. The molecule has 2 aromatic rings. The molecular weight excluding hydrogens is 276 g/mol. The number of amides is 3. The van der Waals surface area contributed by atoms with Crippen LogP contribution in [0.5, 0.6) is 0 Å². The second-order valence-corrected chi connectivity index (χ2v) is 5.33. The molecule has 4 nitrogen and oxygen atoms in total. The smallest absolute Gasteiger partial charge is 0.316 e. The number of urea groups is 1. The van der Waals surface area contributed by atoms with Crippen LogP contribution in [0.1, 0.15) is 11.1 Å². The number of imide groups is 1. The lowest BCUT2D eigenvalue weighted by molar-refractivity contribution is -0.122. The SMILES string of the molecule is O=C1NC(=O)C2(N1)c1ccccc1-c1ccc(Cl)cc12. The van der Waals surface area contributed by atoms with Gasteiger partial charge in [-0.2, -0.15) is 0 Å². The molecule has 2 aliphatic rings. The van der Waals surface area contributed by atoms with Gasteiger partial charge in [0.1, 0.15) is 0 Å². The standard InChI is InChI=1S/C15H9ClN2O2/c16-8-5-6-10-9-3-1-2-4-11(9)15(12(10)7-8)13(19)17-14(20)18-15/h1-7H,(H2,17,18,19,20). The molecule has 1 atom stereocenters. The van der Waals surface area contributed by atoms with Crippen molar-refractivity contribution in [3.63, 3.8) is 0 Å². The third-order valence-corrected chi connectivity index (χ3v) is 4.11. The Morgan fingerprint density at radius 3 is 2.45 bits per heavy atom. The van der Waals surface area contributed by atoms with Crippen LogP contribution in [0.4, 0.5) is 4.79 Å². The summed E-state index contributed by atoms with van der Waals surface area (Å²) in [6, 6.07) is 12.5. The van der Waals surface area contributed by atoms with E-state index in [1.165, 1.54) is 0 Å². The summed E-state index contributed by atoms with van der Waals surface area (Å²) < 4.78 is 0. The summed E-state index contributed by atoms with van der Waals surface area (Å²) in [4.78, 5) is 24.1. The van der Waals surface area contributed by atoms with Crippen molar-refractivity contribution in [1.29, 1.82) is 0 Å². The predicted octanol–water partition coefficient (Wildman–Crippen LogP) is 2.40. The number of rotatable bonds is 0. The van der Waals surface area contributed by atoms with E-state index in [0.29, 0.717) is 5.02 Å². The zero-order valence-electron chi connectivity index (χ0n) is 10.2. The average molecular weight is 285 g/mol. The van der Waals surface area contributed by atoms with Crippen molar-refractivity contribution < 1.29 is 9.59 Å². The summed E-state index contributed by atoms with van der Waals surface area (Å²) >= 11 is 6.07. The van der Waals surface area contributed by atoms with Crippen molar-refractivity contribution in [3.05, 3.63) is 58.6 Å². The van der Waals surface area contributed by atoms with Gasteiger partial charge in [0.15, 0.2) is 5.54 Å². The van der Waals surface area contributed by atoms with Crippen molar-refractivity contribution >= 4 is 23.5 Å². The number of hydrogen-bond acceptors (Lipinski definition) is 2. The first kappa shape index (κ1) is 11.5. The van der Waals surface area contributed by atoms with E-state index in [-0.39, 0.29) is 5.91 Å². The summed E-state index contributed by atoms with van der Waals surface area (Å²) in [5.74, 6) is -0.365. The number of carbonyl (C=O) groups excluding carboxylic acids is 2. The Bertz CT molecular complexity index is 787. The van der Waals surface area contributed by atoms with E-state index in [9.17, 15) is 9.59 Å².